The van der Waals surface area contributed by atoms with E-state index in [1.54, 1.807) is 27.7 Å². The van der Waals surface area contributed by atoms with Crippen LogP contribution in [0.1, 0.15) is 56.2 Å². The Bertz CT molecular complexity index is 651. The molecule has 17 heavy (non-hydrogen) atoms. The van der Waals surface area contributed by atoms with Crippen molar-refractivity contribution in [3.63, 3.8) is 0 Å². The quantitative estimate of drug-likeness (QED) is 0.765. The molecule has 1 aromatic heterocycles. The molecule has 94 valence electrons. The van der Waals surface area contributed by atoms with E-state index in [2.05, 4.69) is 4.98 Å². The summed E-state index contributed by atoms with van der Waals surface area (Å²) in [7, 11) is -1.06. The molecular formula is C12H20BNO2S. The maximum Gasteiger partial charge on any atom is 0.507 e. The van der Waals surface area contributed by atoms with Crippen LogP contribution in [0.5, 0.6) is 0 Å². The minimum atomic E-state index is -2.98. The third-order valence-corrected chi connectivity index (χ3v) is 4.22. The molecule has 1 aliphatic rings. The fourth-order valence-electron chi connectivity index (χ4n) is 1.50. The van der Waals surface area contributed by atoms with Crippen molar-refractivity contribution in [2.24, 2.45) is 0 Å². The van der Waals surface area contributed by atoms with Gasteiger partial charge in [-0.3, -0.25) is 0 Å². The van der Waals surface area contributed by atoms with E-state index in [4.69, 9.17) is 20.3 Å². The molecule has 1 aliphatic heterocycles. The van der Waals surface area contributed by atoms with Crippen molar-refractivity contribution in [1.29, 1.82) is 0 Å². The number of rotatable bonds is 2. The lowest BCUT2D eigenvalue weighted by molar-refractivity contribution is 0.00578. The van der Waals surface area contributed by atoms with E-state index in [0.29, 0.717) is 11.3 Å². The van der Waals surface area contributed by atoms with Gasteiger partial charge in [-0.25, -0.2) is 4.98 Å². The van der Waals surface area contributed by atoms with Crippen LogP contribution in [0.15, 0.2) is 0 Å². The number of hydrogen-bond donors (Lipinski definition) is 0. The molecule has 1 saturated heterocycles. The van der Waals surface area contributed by atoms with Gasteiger partial charge in [-0.2, -0.15) is 0 Å². The van der Waals surface area contributed by atoms with Crippen LogP contribution in [0, 0.1) is 6.85 Å². The highest BCUT2D eigenvalue weighted by Gasteiger charge is 2.52. The fraction of sp³-hybridized carbons (Fsp3) is 0.750. The van der Waals surface area contributed by atoms with Crippen LogP contribution >= 0.6 is 11.3 Å². The topological polar surface area (TPSA) is 31.4 Å². The summed E-state index contributed by atoms with van der Waals surface area (Å²) in [5, 5.41) is -0.427. The van der Waals surface area contributed by atoms with Crippen LogP contribution in [0.4, 0.5) is 0 Å². The Labute approximate surface area is 119 Å². The molecule has 0 unspecified atom stereocenters. The van der Waals surface area contributed by atoms with Gasteiger partial charge < -0.3 is 9.31 Å². The van der Waals surface area contributed by atoms with Crippen LogP contribution in [-0.2, 0) is 15.7 Å². The second-order valence-corrected chi connectivity index (χ2v) is 5.98. The van der Waals surface area contributed by atoms with Gasteiger partial charge in [0.15, 0.2) is 0 Å². The molecule has 0 bridgehead atoms. The Kier molecular flexibility index (Phi) is 1.48. The highest BCUT2D eigenvalue weighted by atomic mass is 32.1. The third-order valence-electron chi connectivity index (χ3n) is 3.23. The van der Waals surface area contributed by atoms with E-state index in [9.17, 15) is 0 Å². The normalized spacial score (nSPS) is 31.4. The first kappa shape index (κ1) is 6.17. The standard InChI is InChI=1S/C12H20BNO2S/c1-7-9-14-8(2)10(17-9)13-15-11(3,4)12(5,6)16-13/h7H2,1-6H3/i1D3,2D3,7D2. The molecule has 2 heterocycles. The van der Waals surface area contributed by atoms with Crippen LogP contribution in [0.2, 0.25) is 0 Å². The summed E-state index contributed by atoms with van der Waals surface area (Å²) in [6, 6.07) is 0. The summed E-state index contributed by atoms with van der Waals surface area (Å²) in [5.41, 5.74) is -1.84. The molecule has 0 aliphatic carbocycles. The van der Waals surface area contributed by atoms with Gasteiger partial charge in [0.2, 0.25) is 0 Å². The highest BCUT2D eigenvalue weighted by molar-refractivity contribution is 7.22. The molecule has 3 nitrogen and oxygen atoms in total. The lowest BCUT2D eigenvalue weighted by Crippen LogP contribution is -2.41. The van der Waals surface area contributed by atoms with Gasteiger partial charge in [-0.1, -0.05) is 6.85 Å². The minimum absolute atomic E-state index is 0.0711. The molecule has 1 aromatic rings. The first-order valence-corrected chi connectivity index (χ1v) is 6.09. The van der Waals surface area contributed by atoms with Gasteiger partial charge in [-0.05, 0) is 40.9 Å². The van der Waals surface area contributed by atoms with Crippen molar-refractivity contribution >= 4 is 23.2 Å². The highest BCUT2D eigenvalue weighted by Crippen LogP contribution is 2.37. The molecule has 1 fully saturated rings. The summed E-state index contributed by atoms with van der Waals surface area (Å²) >= 11 is 0.663. The number of aromatic nitrogens is 1. The SMILES string of the molecule is [2H]C([2H])([2H])c1nc(C([2H])([2H])C([2H])([2H])[2H])sc1B1OC(C)(C)C(C)(C)O1. The lowest BCUT2D eigenvalue weighted by atomic mass is 9.86. The van der Waals surface area contributed by atoms with Crippen LogP contribution in [0.3, 0.4) is 0 Å². The summed E-state index contributed by atoms with van der Waals surface area (Å²) in [5.74, 6) is 0. The molecule has 0 N–H and O–H groups in total. The van der Waals surface area contributed by atoms with E-state index < -0.39 is 43.4 Å². The average Bonchev–Trinajstić information content (AvgIpc) is 2.88. The summed E-state index contributed by atoms with van der Waals surface area (Å²) in [6.07, 6.45) is -2.78. The summed E-state index contributed by atoms with van der Waals surface area (Å²) in [6.45, 7) is 1.55. The van der Waals surface area contributed by atoms with Gasteiger partial charge in [-0.15, -0.1) is 11.3 Å². The van der Waals surface area contributed by atoms with Gasteiger partial charge in [0, 0.05) is 16.7 Å². The van der Waals surface area contributed by atoms with Gasteiger partial charge >= 0.3 is 7.12 Å². The van der Waals surface area contributed by atoms with Gasteiger partial charge in [0.05, 0.1) is 21.0 Å². The predicted octanol–water partition coefficient (Wildman–Crippen LogP) is 2.31. The molecule has 0 saturated carbocycles. The van der Waals surface area contributed by atoms with Gasteiger partial charge in [0.25, 0.3) is 0 Å². The smallest absolute Gasteiger partial charge is 0.399 e. The van der Waals surface area contributed by atoms with Crippen LogP contribution < -0.4 is 4.78 Å². The average molecular weight is 261 g/mol. The molecule has 0 aromatic carbocycles. The summed E-state index contributed by atoms with van der Waals surface area (Å²) in [4.78, 5) is 3.82. The van der Waals surface area contributed by atoms with E-state index >= 15 is 0 Å². The Balaban J connectivity index is 2.56. The lowest BCUT2D eigenvalue weighted by Gasteiger charge is -2.32. The molecule has 0 amide bonds. The zero-order valence-electron chi connectivity index (χ0n) is 18.2. The number of nitrogens with zero attached hydrogens (tertiary/aromatic N) is 1. The van der Waals surface area contributed by atoms with E-state index in [0.717, 1.165) is 0 Å². The molecule has 2 rings (SSSR count). The Morgan fingerprint density at radius 2 is 2.00 bits per heavy atom. The monoisotopic (exact) mass is 261 g/mol. The zero-order valence-corrected chi connectivity index (χ0v) is 11.1. The van der Waals surface area contributed by atoms with Crippen molar-refractivity contribution in [3.8, 4) is 0 Å². The minimum Gasteiger partial charge on any atom is -0.399 e. The third kappa shape index (κ3) is 2.16. The number of thiazole rings is 1. The molecular weight excluding hydrogens is 233 g/mol. The zero-order chi connectivity index (χ0) is 19.6. The second-order valence-electron chi connectivity index (χ2n) is 4.95. The first-order valence-electron chi connectivity index (χ1n) is 9.27. The van der Waals surface area contributed by atoms with Crippen LogP contribution in [0.25, 0.3) is 0 Å². The second kappa shape index (κ2) is 4.07. The van der Waals surface area contributed by atoms with Crippen molar-refractivity contribution in [2.75, 3.05) is 0 Å². The van der Waals surface area contributed by atoms with E-state index in [1.807, 2.05) is 0 Å². The molecule has 0 radical (unpaired) electrons. The predicted molar refractivity (Wildman–Crippen MR) is 71.9 cm³/mol. The van der Waals surface area contributed by atoms with Crippen LogP contribution in [-0.4, -0.2) is 23.3 Å². The maximum atomic E-state index is 7.85. The Morgan fingerprint density at radius 1 is 1.35 bits per heavy atom. The van der Waals surface area contributed by atoms with Gasteiger partial charge in [0.1, 0.15) is 0 Å². The largest absolute Gasteiger partial charge is 0.507 e. The molecule has 0 atom stereocenters. The number of aryl methyl sites for hydroxylation is 2. The number of hydrogen-bond acceptors (Lipinski definition) is 4. The van der Waals surface area contributed by atoms with Crippen molar-refractivity contribution in [2.45, 2.75) is 59.0 Å². The molecule has 0 spiro atoms. The van der Waals surface area contributed by atoms with Crippen molar-refractivity contribution in [3.05, 3.63) is 10.7 Å². The maximum absolute atomic E-state index is 7.85. The first-order chi connectivity index (χ1) is 10.9. The van der Waals surface area contributed by atoms with E-state index in [-0.39, 0.29) is 10.5 Å². The molecule has 5 heteroatoms. The fourth-order valence-corrected chi connectivity index (χ4v) is 2.23. The Hall–Kier alpha value is -0.385. The van der Waals surface area contributed by atoms with E-state index in [1.165, 1.54) is 0 Å². The Morgan fingerprint density at radius 3 is 2.53 bits per heavy atom. The van der Waals surface area contributed by atoms with Crippen molar-refractivity contribution < 1.29 is 20.3 Å². The summed E-state index contributed by atoms with van der Waals surface area (Å²) < 4.78 is 72.5. The van der Waals surface area contributed by atoms with Crippen molar-refractivity contribution in [1.82, 2.24) is 4.98 Å².